The lowest BCUT2D eigenvalue weighted by molar-refractivity contribution is -0.384. The average Bonchev–Trinajstić information content (AvgIpc) is 2.33. The summed E-state index contributed by atoms with van der Waals surface area (Å²) in [5.41, 5.74) is 0.0488. The van der Waals surface area contributed by atoms with Crippen molar-refractivity contribution in [2.75, 3.05) is 14.1 Å². The molecule has 1 aromatic rings. The summed E-state index contributed by atoms with van der Waals surface area (Å²) in [4.78, 5) is 22.5. The van der Waals surface area contributed by atoms with E-state index in [1.165, 1.54) is 17.1 Å². The second-order valence-electron chi connectivity index (χ2n) is 5.81. The molecule has 116 valence electrons. The third kappa shape index (κ3) is 5.39. The Labute approximate surface area is 124 Å². The molecule has 0 bridgehead atoms. The molecule has 0 spiro atoms. The minimum Gasteiger partial charge on any atom is -0.443 e. The van der Waals surface area contributed by atoms with Crippen LogP contribution in [0.2, 0.25) is 0 Å². The van der Waals surface area contributed by atoms with Crippen LogP contribution in [-0.4, -0.2) is 40.7 Å². The third-order valence-corrected chi connectivity index (χ3v) is 2.54. The van der Waals surface area contributed by atoms with E-state index in [2.05, 4.69) is 0 Å². The molecule has 0 heterocycles. The van der Waals surface area contributed by atoms with Gasteiger partial charge in [-0.15, -0.1) is 0 Å². The lowest BCUT2D eigenvalue weighted by atomic mass is 10.2. The number of hydrogen-bond acceptors (Lipinski definition) is 5. The highest BCUT2D eigenvalue weighted by molar-refractivity contribution is 5.67. The van der Waals surface area contributed by atoms with E-state index >= 15 is 0 Å². The molecule has 0 aliphatic heterocycles. The normalized spacial score (nSPS) is 11.3. The quantitative estimate of drug-likeness (QED) is 0.630. The number of rotatable bonds is 4. The van der Waals surface area contributed by atoms with Gasteiger partial charge in [0.05, 0.1) is 11.5 Å². The molecular weight excluding hydrogens is 274 g/mol. The van der Waals surface area contributed by atoms with E-state index in [4.69, 9.17) is 4.74 Å². The van der Waals surface area contributed by atoms with Gasteiger partial charge in [0.1, 0.15) is 5.60 Å². The van der Waals surface area contributed by atoms with Gasteiger partial charge in [-0.1, -0.05) is 12.1 Å². The van der Waals surface area contributed by atoms with E-state index in [9.17, 15) is 14.9 Å². The summed E-state index contributed by atoms with van der Waals surface area (Å²) in [7, 11) is 3.42. The molecule has 0 aliphatic carbocycles. The highest BCUT2D eigenvalue weighted by Gasteiger charge is 2.24. The maximum absolute atomic E-state index is 12.2. The largest absolute Gasteiger partial charge is 0.443 e. The molecule has 7 heteroatoms. The lowest BCUT2D eigenvalue weighted by Gasteiger charge is -2.31. The molecule has 0 fully saturated rings. The zero-order valence-corrected chi connectivity index (χ0v) is 13.0. The van der Waals surface area contributed by atoms with Crippen LogP contribution in [0.15, 0.2) is 24.3 Å². The third-order valence-electron chi connectivity index (χ3n) is 2.54. The van der Waals surface area contributed by atoms with Crippen LogP contribution < -0.4 is 0 Å². The monoisotopic (exact) mass is 295 g/mol. The van der Waals surface area contributed by atoms with Gasteiger partial charge in [0.2, 0.25) is 0 Å². The first kappa shape index (κ1) is 16.9. The molecule has 7 nitrogen and oxygen atoms in total. The van der Waals surface area contributed by atoms with Gasteiger partial charge in [0.25, 0.3) is 5.69 Å². The van der Waals surface area contributed by atoms with E-state index in [0.29, 0.717) is 5.56 Å². The predicted octanol–water partition coefficient (Wildman–Crippen LogP) is 2.81. The fraction of sp³-hybridized carbons (Fsp3) is 0.500. The van der Waals surface area contributed by atoms with Crippen molar-refractivity contribution in [2.24, 2.45) is 0 Å². The topological polar surface area (TPSA) is 75.9 Å². The molecule has 1 aromatic carbocycles. The summed E-state index contributed by atoms with van der Waals surface area (Å²) >= 11 is 0. The van der Waals surface area contributed by atoms with E-state index < -0.39 is 16.6 Å². The van der Waals surface area contributed by atoms with Crippen LogP contribution in [0, 0.1) is 10.1 Å². The summed E-state index contributed by atoms with van der Waals surface area (Å²) < 4.78 is 5.32. The molecule has 21 heavy (non-hydrogen) atoms. The number of amides is 1. The van der Waals surface area contributed by atoms with Crippen LogP contribution in [-0.2, 0) is 11.3 Å². The molecular formula is C14H21N3O4. The molecule has 0 saturated heterocycles. The fourth-order valence-electron chi connectivity index (χ4n) is 1.63. The number of nitrogens with zero attached hydrogens (tertiary/aromatic N) is 3. The van der Waals surface area contributed by atoms with Gasteiger partial charge in [-0.05, 0) is 26.3 Å². The van der Waals surface area contributed by atoms with Gasteiger partial charge in [-0.25, -0.2) is 14.8 Å². The summed E-state index contributed by atoms with van der Waals surface area (Å²) in [6.07, 6.45) is -0.501. The van der Waals surface area contributed by atoms with Gasteiger partial charge >= 0.3 is 6.09 Å². The Morgan fingerprint density at radius 1 is 1.33 bits per heavy atom. The second kappa shape index (κ2) is 6.53. The molecule has 0 saturated carbocycles. The van der Waals surface area contributed by atoms with Crippen molar-refractivity contribution in [1.82, 2.24) is 10.0 Å². The number of benzene rings is 1. The number of ether oxygens (including phenoxy) is 1. The fourth-order valence-corrected chi connectivity index (χ4v) is 1.63. The van der Waals surface area contributed by atoms with Crippen LogP contribution in [0.4, 0.5) is 10.5 Å². The van der Waals surface area contributed by atoms with Crippen molar-refractivity contribution in [2.45, 2.75) is 32.9 Å². The van der Waals surface area contributed by atoms with Crippen molar-refractivity contribution in [3.8, 4) is 0 Å². The molecule has 1 rings (SSSR count). The second-order valence-corrected chi connectivity index (χ2v) is 5.81. The maximum Gasteiger partial charge on any atom is 0.425 e. The molecule has 0 atom stereocenters. The van der Waals surface area contributed by atoms with Crippen LogP contribution in [0.25, 0.3) is 0 Å². The first-order valence-corrected chi connectivity index (χ1v) is 6.51. The minimum absolute atomic E-state index is 0.00426. The standard InChI is InChI=1S/C14H21N3O4/c1-14(2,3)21-13(18)16(15(4)5)10-11-7-6-8-12(9-11)17(19)20/h6-9H,10H2,1-5H3. The van der Waals surface area contributed by atoms with Gasteiger partial charge in [-0.2, -0.15) is 0 Å². The van der Waals surface area contributed by atoms with Crippen LogP contribution >= 0.6 is 0 Å². The Morgan fingerprint density at radius 3 is 2.43 bits per heavy atom. The van der Waals surface area contributed by atoms with E-state index in [-0.39, 0.29) is 12.2 Å². The van der Waals surface area contributed by atoms with Crippen molar-refractivity contribution < 1.29 is 14.5 Å². The molecule has 0 unspecified atom stereocenters. The van der Waals surface area contributed by atoms with Gasteiger partial charge in [0, 0.05) is 26.2 Å². The number of hydrazine groups is 1. The number of nitro groups is 1. The Morgan fingerprint density at radius 2 is 1.95 bits per heavy atom. The minimum atomic E-state index is -0.603. The number of nitro benzene ring substituents is 1. The first-order chi connectivity index (χ1) is 9.60. The zero-order chi connectivity index (χ0) is 16.2. The molecule has 0 aromatic heterocycles. The summed E-state index contributed by atoms with van der Waals surface area (Å²) in [5.74, 6) is 0. The van der Waals surface area contributed by atoms with Crippen LogP contribution in [0.1, 0.15) is 26.3 Å². The highest BCUT2D eigenvalue weighted by atomic mass is 16.6. The number of hydrogen-bond donors (Lipinski definition) is 0. The van der Waals surface area contributed by atoms with Crippen molar-refractivity contribution in [3.63, 3.8) is 0 Å². The number of non-ortho nitro benzene ring substituents is 1. The van der Waals surface area contributed by atoms with E-state index in [1.807, 2.05) is 0 Å². The van der Waals surface area contributed by atoms with Gasteiger partial charge < -0.3 is 4.74 Å². The van der Waals surface area contributed by atoms with Crippen molar-refractivity contribution >= 4 is 11.8 Å². The summed E-state index contributed by atoms with van der Waals surface area (Å²) in [6.45, 7) is 5.55. The lowest BCUT2D eigenvalue weighted by Crippen LogP contribution is -2.44. The molecule has 0 N–H and O–H groups in total. The average molecular weight is 295 g/mol. The maximum atomic E-state index is 12.2. The van der Waals surface area contributed by atoms with Gasteiger partial charge in [0.15, 0.2) is 0 Å². The SMILES string of the molecule is CN(C)N(Cc1cccc([N+](=O)[O-])c1)C(=O)OC(C)(C)C. The highest BCUT2D eigenvalue weighted by Crippen LogP contribution is 2.17. The zero-order valence-electron chi connectivity index (χ0n) is 13.0. The smallest absolute Gasteiger partial charge is 0.425 e. The van der Waals surface area contributed by atoms with Gasteiger partial charge in [-0.3, -0.25) is 10.1 Å². The Bertz CT molecular complexity index is 523. The van der Waals surface area contributed by atoms with E-state index in [0.717, 1.165) is 0 Å². The predicted molar refractivity (Wildman–Crippen MR) is 78.6 cm³/mol. The van der Waals surface area contributed by atoms with Crippen molar-refractivity contribution in [1.29, 1.82) is 0 Å². The molecule has 0 radical (unpaired) electrons. The van der Waals surface area contributed by atoms with Crippen molar-refractivity contribution in [3.05, 3.63) is 39.9 Å². The molecule has 0 aliphatic rings. The van der Waals surface area contributed by atoms with E-state index in [1.54, 1.807) is 52.0 Å². The summed E-state index contributed by atoms with van der Waals surface area (Å²) in [6, 6.07) is 6.18. The Kier molecular flexibility index (Phi) is 5.26. The van der Waals surface area contributed by atoms with Crippen LogP contribution in [0.3, 0.4) is 0 Å². The first-order valence-electron chi connectivity index (χ1n) is 6.51. The number of carbonyl (C=O) groups is 1. The number of carbonyl (C=O) groups excluding carboxylic acids is 1. The summed E-state index contributed by atoms with van der Waals surface area (Å²) in [5, 5.41) is 13.8. The Balaban J connectivity index is 2.91. The van der Waals surface area contributed by atoms with Crippen LogP contribution in [0.5, 0.6) is 0 Å². The molecule has 1 amide bonds. The Hall–Kier alpha value is -2.15.